The molecule has 2 bridgehead atoms. The zero-order valence-corrected chi connectivity index (χ0v) is 24.3. The molecule has 0 aromatic heterocycles. The highest BCUT2D eigenvalue weighted by Crippen LogP contribution is 2.65. The number of hydrogen-bond acceptors (Lipinski definition) is 12. The molecule has 1 spiro atoms. The van der Waals surface area contributed by atoms with Gasteiger partial charge in [-0.2, -0.15) is 0 Å². The Morgan fingerprint density at radius 2 is 1.91 bits per heavy atom. The Kier molecular flexibility index (Phi) is 8.07. The summed E-state index contributed by atoms with van der Waals surface area (Å²) in [6.45, 7) is 1.76. The summed E-state index contributed by atoms with van der Waals surface area (Å²) < 4.78 is 22.4. The van der Waals surface area contributed by atoms with Crippen molar-refractivity contribution >= 4 is 29.8 Å². The van der Waals surface area contributed by atoms with E-state index < -0.39 is 78.0 Å². The van der Waals surface area contributed by atoms with Gasteiger partial charge in [-0.25, -0.2) is 9.59 Å². The third-order valence-electron chi connectivity index (χ3n) is 9.08. The average molecular weight is 619 g/mol. The van der Waals surface area contributed by atoms with Crippen LogP contribution in [-0.2, 0) is 45.3 Å². The minimum Gasteiger partial charge on any atom is -0.493 e. The minimum absolute atomic E-state index is 0.0763. The number of likely N-dealkylation sites (N-methyl/N-ethyl adjacent to an activating group) is 1. The van der Waals surface area contributed by atoms with E-state index in [2.05, 4.69) is 4.90 Å². The van der Waals surface area contributed by atoms with Crippen LogP contribution in [0.5, 0.6) is 11.5 Å². The second-order valence-corrected chi connectivity index (χ2v) is 11.6. The standard InChI is InChI=1S/C29H34N2O13/c1-13(25(36)30-15(26(37)38)11-20(33)34)42-21(35)12-16(32)27(39)43-18-6-7-29(40)19-10-14-4-5-17(41-3)23-22(14)28(29,24(18)44-23)8-9-31(19)2/h4-6,13,15-16,19,24,32,40H,7-12H2,1-3H3,(H,30,36)(H,33,34)(H,37,38)/t13?,15?,16?,19-,24+,28+,29-/m1/s1. The van der Waals surface area contributed by atoms with Crippen molar-refractivity contribution in [3.63, 3.8) is 0 Å². The lowest BCUT2D eigenvalue weighted by Crippen LogP contribution is -2.74. The Hall–Kier alpha value is -4.21. The van der Waals surface area contributed by atoms with E-state index in [0.717, 1.165) is 18.1 Å². The van der Waals surface area contributed by atoms with Crippen molar-refractivity contribution in [2.75, 3.05) is 20.7 Å². The second kappa shape index (κ2) is 11.4. The fraction of sp³-hybridized carbons (Fsp3) is 0.552. The molecule has 4 aliphatic rings. The van der Waals surface area contributed by atoms with Crippen molar-refractivity contribution in [2.45, 2.75) is 80.4 Å². The van der Waals surface area contributed by atoms with Crippen LogP contribution in [0.15, 0.2) is 24.0 Å². The lowest BCUT2D eigenvalue weighted by Gasteiger charge is -2.61. The Labute approximate surface area is 251 Å². The summed E-state index contributed by atoms with van der Waals surface area (Å²) in [6, 6.07) is 1.76. The molecule has 3 unspecified atom stereocenters. The van der Waals surface area contributed by atoms with Crippen LogP contribution in [-0.4, -0.2) is 112 Å². The van der Waals surface area contributed by atoms with Crippen molar-refractivity contribution in [3.05, 3.63) is 35.1 Å². The molecule has 0 radical (unpaired) electrons. The molecule has 15 nitrogen and oxygen atoms in total. The lowest BCUT2D eigenvalue weighted by atomic mass is 9.50. The number of carbonyl (C=O) groups is 5. The molecule has 5 N–H and O–H groups in total. The first kappa shape index (κ1) is 31.2. The van der Waals surface area contributed by atoms with Crippen molar-refractivity contribution in [1.29, 1.82) is 0 Å². The van der Waals surface area contributed by atoms with Crippen molar-refractivity contribution in [1.82, 2.24) is 10.2 Å². The number of hydrogen-bond donors (Lipinski definition) is 5. The van der Waals surface area contributed by atoms with Gasteiger partial charge in [0.2, 0.25) is 0 Å². The summed E-state index contributed by atoms with van der Waals surface area (Å²) in [5.41, 5.74) is -0.377. The molecule has 1 aromatic carbocycles. The smallest absolute Gasteiger partial charge is 0.340 e. The Morgan fingerprint density at radius 1 is 1.18 bits per heavy atom. The third-order valence-corrected chi connectivity index (χ3v) is 9.08. The number of nitrogens with zero attached hydrogens (tertiary/aromatic N) is 1. The van der Waals surface area contributed by atoms with Crippen LogP contribution in [0.3, 0.4) is 0 Å². The number of piperidine rings is 1. The van der Waals surface area contributed by atoms with Crippen LogP contribution in [0.25, 0.3) is 0 Å². The number of carboxylic acid groups (broad SMARTS) is 2. The van der Waals surface area contributed by atoms with Gasteiger partial charge < -0.3 is 49.6 Å². The fourth-order valence-corrected chi connectivity index (χ4v) is 6.98. The van der Waals surface area contributed by atoms with Crippen LogP contribution in [0.2, 0.25) is 0 Å². The van der Waals surface area contributed by atoms with Crippen LogP contribution < -0.4 is 14.8 Å². The van der Waals surface area contributed by atoms with Gasteiger partial charge >= 0.3 is 23.9 Å². The fourth-order valence-electron chi connectivity index (χ4n) is 6.98. The molecule has 44 heavy (non-hydrogen) atoms. The molecule has 2 aliphatic heterocycles. The maximum absolute atomic E-state index is 13.0. The van der Waals surface area contributed by atoms with Crippen molar-refractivity contribution < 1.29 is 63.3 Å². The van der Waals surface area contributed by atoms with Crippen molar-refractivity contribution in [2.24, 2.45) is 0 Å². The molecular weight excluding hydrogens is 584 g/mol. The van der Waals surface area contributed by atoms with Gasteiger partial charge in [0.1, 0.15) is 11.8 Å². The van der Waals surface area contributed by atoms with E-state index in [1.807, 2.05) is 18.4 Å². The minimum atomic E-state index is -2.00. The normalized spacial score (nSPS) is 28.2. The number of ether oxygens (including phenoxy) is 4. The van der Waals surface area contributed by atoms with Crippen LogP contribution in [0.1, 0.15) is 43.7 Å². The molecular formula is C29H34N2O13. The van der Waals surface area contributed by atoms with Gasteiger partial charge in [-0.3, -0.25) is 14.4 Å². The number of aliphatic carboxylic acids is 2. The van der Waals surface area contributed by atoms with Gasteiger partial charge in [-0.15, -0.1) is 0 Å². The van der Waals surface area contributed by atoms with Crippen molar-refractivity contribution in [3.8, 4) is 11.5 Å². The summed E-state index contributed by atoms with van der Waals surface area (Å²) in [5.74, 6) is -5.50. The highest BCUT2D eigenvalue weighted by molar-refractivity contribution is 5.90. The largest absolute Gasteiger partial charge is 0.493 e. The van der Waals surface area contributed by atoms with Crippen LogP contribution >= 0.6 is 0 Å². The van der Waals surface area contributed by atoms with E-state index in [1.165, 1.54) is 7.11 Å². The SMILES string of the molecule is COc1ccc2c3c1O[C@H]1C(OC(=O)C(O)CC(=O)OC(C)C(=O)NC(CC(=O)O)C(=O)O)=CC[C@@]4(O)[C@@H](C2)N(C)CC[C@]314. The molecule has 2 heterocycles. The number of likely N-dealkylation sites (tertiary alicyclic amines) is 1. The molecule has 0 saturated carbocycles. The van der Waals surface area contributed by atoms with Crippen LogP contribution in [0, 0.1) is 0 Å². The van der Waals surface area contributed by atoms with E-state index in [1.54, 1.807) is 12.1 Å². The lowest BCUT2D eigenvalue weighted by molar-refractivity contribution is -0.173. The van der Waals surface area contributed by atoms with Gasteiger partial charge in [0.15, 0.2) is 29.8 Å². The van der Waals surface area contributed by atoms with Gasteiger partial charge in [-0.1, -0.05) is 6.07 Å². The van der Waals surface area contributed by atoms with Gasteiger partial charge in [0.25, 0.3) is 5.91 Å². The first-order chi connectivity index (χ1) is 20.7. The Bertz CT molecular complexity index is 1440. The number of methoxy groups -OCH3 is 1. The van der Waals surface area contributed by atoms with E-state index in [0.29, 0.717) is 30.9 Å². The highest BCUT2D eigenvalue weighted by Gasteiger charge is 2.72. The number of rotatable bonds is 11. The van der Waals surface area contributed by atoms with E-state index in [4.69, 9.17) is 29.2 Å². The first-order valence-electron chi connectivity index (χ1n) is 14.1. The molecule has 15 heteroatoms. The third kappa shape index (κ3) is 4.94. The zero-order valence-electron chi connectivity index (χ0n) is 24.3. The number of nitrogens with one attached hydrogen (secondary N) is 1. The molecule has 2 aliphatic carbocycles. The Morgan fingerprint density at radius 3 is 2.57 bits per heavy atom. The highest BCUT2D eigenvalue weighted by atomic mass is 16.6. The van der Waals surface area contributed by atoms with Gasteiger partial charge in [0.05, 0.1) is 31.0 Å². The predicted octanol–water partition coefficient (Wildman–Crippen LogP) is -0.757. The molecule has 1 saturated heterocycles. The topological polar surface area (TPSA) is 218 Å². The molecule has 7 atom stereocenters. The summed E-state index contributed by atoms with van der Waals surface area (Å²) in [7, 11) is 3.46. The predicted molar refractivity (Wildman–Crippen MR) is 146 cm³/mol. The average Bonchev–Trinajstić information content (AvgIpc) is 3.31. The number of esters is 2. The molecule has 1 amide bonds. The van der Waals surface area contributed by atoms with Crippen LogP contribution in [0.4, 0.5) is 0 Å². The maximum Gasteiger partial charge on any atom is 0.340 e. The molecule has 1 aromatic rings. The maximum atomic E-state index is 13.0. The Balaban J connectivity index is 1.28. The number of carbonyl (C=O) groups excluding carboxylic acids is 3. The second-order valence-electron chi connectivity index (χ2n) is 11.6. The van der Waals surface area contributed by atoms with Gasteiger partial charge in [-0.05, 0) is 51.1 Å². The number of benzene rings is 1. The molecule has 5 rings (SSSR count). The quantitative estimate of drug-likeness (QED) is 0.193. The zero-order chi connectivity index (χ0) is 32.1. The van der Waals surface area contributed by atoms with Gasteiger partial charge in [0, 0.05) is 18.0 Å². The number of aliphatic hydroxyl groups is 2. The monoisotopic (exact) mass is 618 g/mol. The van der Waals surface area contributed by atoms with E-state index >= 15 is 0 Å². The van der Waals surface area contributed by atoms with E-state index in [-0.39, 0.29) is 18.2 Å². The number of aliphatic hydroxyl groups excluding tert-OH is 1. The summed E-state index contributed by atoms with van der Waals surface area (Å²) >= 11 is 0. The number of carboxylic acids is 2. The molecule has 1 fully saturated rings. The summed E-state index contributed by atoms with van der Waals surface area (Å²) in [5, 5.41) is 42.6. The van der Waals surface area contributed by atoms with E-state index in [9.17, 15) is 34.2 Å². The summed E-state index contributed by atoms with van der Waals surface area (Å²) in [4.78, 5) is 61.7. The first-order valence-corrected chi connectivity index (χ1v) is 14.1. The molecule has 238 valence electrons. The summed E-state index contributed by atoms with van der Waals surface area (Å²) in [6.07, 6.45) is -3.48. The number of amides is 1.